The lowest BCUT2D eigenvalue weighted by molar-refractivity contribution is 0.846. The first-order valence-electron chi connectivity index (χ1n) is 6.11. The third kappa shape index (κ3) is 3.30. The molecular weight excluding hydrogens is 304 g/mol. The minimum Gasteiger partial charge on any atom is -0.343 e. The molecule has 0 aliphatic carbocycles. The molecule has 2 N–H and O–H groups in total. The number of nitrogens with zero attached hydrogens (tertiary/aromatic N) is 3. The standard InChI is InChI=1S/C14H17BrN4/c1-10-3-4-12(15)7-13(10)11-8-17-14(18-9-11)19(2)6-5-16/h3-4,7-9H,5-6,16H2,1-2H3. The van der Waals surface area contributed by atoms with E-state index in [9.17, 15) is 0 Å². The van der Waals surface area contributed by atoms with E-state index in [1.54, 1.807) is 0 Å². The number of hydrogen-bond donors (Lipinski definition) is 1. The number of rotatable bonds is 4. The van der Waals surface area contributed by atoms with Crippen molar-refractivity contribution in [3.05, 3.63) is 40.6 Å². The number of aromatic nitrogens is 2. The minimum absolute atomic E-state index is 0.590. The lowest BCUT2D eigenvalue weighted by Crippen LogP contribution is -2.26. The summed E-state index contributed by atoms with van der Waals surface area (Å²) < 4.78 is 1.05. The predicted molar refractivity (Wildman–Crippen MR) is 82.2 cm³/mol. The van der Waals surface area contributed by atoms with E-state index < -0.39 is 0 Å². The zero-order valence-electron chi connectivity index (χ0n) is 11.1. The van der Waals surface area contributed by atoms with E-state index in [1.807, 2.05) is 30.4 Å². The Morgan fingerprint density at radius 3 is 2.58 bits per heavy atom. The molecule has 0 unspecified atom stereocenters. The molecule has 1 aromatic heterocycles. The Bertz CT molecular complexity index is 554. The summed E-state index contributed by atoms with van der Waals surface area (Å²) in [6.07, 6.45) is 3.70. The van der Waals surface area contributed by atoms with Gasteiger partial charge in [-0.3, -0.25) is 0 Å². The van der Waals surface area contributed by atoms with Crippen molar-refractivity contribution in [3.8, 4) is 11.1 Å². The average molecular weight is 321 g/mol. The molecule has 0 bridgehead atoms. The number of hydrogen-bond acceptors (Lipinski definition) is 4. The van der Waals surface area contributed by atoms with Gasteiger partial charge in [-0.25, -0.2) is 9.97 Å². The summed E-state index contributed by atoms with van der Waals surface area (Å²) >= 11 is 3.49. The van der Waals surface area contributed by atoms with Gasteiger partial charge in [0.15, 0.2) is 0 Å². The Labute approximate surface area is 121 Å². The highest BCUT2D eigenvalue weighted by atomic mass is 79.9. The van der Waals surface area contributed by atoms with Crippen molar-refractivity contribution in [2.45, 2.75) is 6.92 Å². The first kappa shape index (κ1) is 14.0. The van der Waals surface area contributed by atoms with Crippen LogP contribution in [0.1, 0.15) is 5.56 Å². The Morgan fingerprint density at radius 1 is 1.26 bits per heavy atom. The van der Waals surface area contributed by atoms with Crippen LogP contribution in [-0.2, 0) is 0 Å². The Hall–Kier alpha value is -1.46. The van der Waals surface area contributed by atoms with E-state index in [-0.39, 0.29) is 0 Å². The molecule has 4 nitrogen and oxygen atoms in total. The molecule has 100 valence electrons. The van der Waals surface area contributed by atoms with Gasteiger partial charge in [0.2, 0.25) is 5.95 Å². The Kier molecular flexibility index (Phi) is 4.50. The van der Waals surface area contributed by atoms with Crippen LogP contribution in [0, 0.1) is 6.92 Å². The molecule has 0 saturated carbocycles. The number of likely N-dealkylation sites (N-methyl/N-ethyl adjacent to an activating group) is 1. The monoisotopic (exact) mass is 320 g/mol. The average Bonchev–Trinajstić information content (AvgIpc) is 2.42. The molecule has 5 heteroatoms. The van der Waals surface area contributed by atoms with Gasteiger partial charge in [0.1, 0.15) is 0 Å². The van der Waals surface area contributed by atoms with Crippen LogP contribution in [0.3, 0.4) is 0 Å². The number of aryl methyl sites for hydroxylation is 1. The van der Waals surface area contributed by atoms with E-state index in [4.69, 9.17) is 5.73 Å². The number of benzene rings is 1. The van der Waals surface area contributed by atoms with Crippen molar-refractivity contribution in [2.75, 3.05) is 25.0 Å². The summed E-state index contributed by atoms with van der Waals surface area (Å²) in [7, 11) is 1.94. The highest BCUT2D eigenvalue weighted by molar-refractivity contribution is 9.10. The van der Waals surface area contributed by atoms with Gasteiger partial charge in [-0.15, -0.1) is 0 Å². The smallest absolute Gasteiger partial charge is 0.225 e. The van der Waals surface area contributed by atoms with E-state index in [2.05, 4.69) is 45.0 Å². The van der Waals surface area contributed by atoms with Crippen LogP contribution in [0.15, 0.2) is 35.1 Å². The summed E-state index contributed by atoms with van der Waals surface area (Å²) in [6.45, 7) is 3.41. The molecule has 0 saturated heterocycles. The lowest BCUT2D eigenvalue weighted by Gasteiger charge is -2.15. The zero-order valence-corrected chi connectivity index (χ0v) is 12.7. The summed E-state index contributed by atoms with van der Waals surface area (Å²) in [6, 6.07) is 6.19. The van der Waals surface area contributed by atoms with Crippen LogP contribution in [0.2, 0.25) is 0 Å². The maximum absolute atomic E-state index is 5.52. The van der Waals surface area contributed by atoms with E-state index in [0.29, 0.717) is 12.5 Å². The molecule has 0 aliphatic rings. The first-order chi connectivity index (χ1) is 9.11. The summed E-state index contributed by atoms with van der Waals surface area (Å²) in [5, 5.41) is 0. The van der Waals surface area contributed by atoms with Crippen molar-refractivity contribution in [1.82, 2.24) is 9.97 Å². The lowest BCUT2D eigenvalue weighted by atomic mass is 10.0. The van der Waals surface area contributed by atoms with Gasteiger partial charge in [-0.05, 0) is 30.2 Å². The summed E-state index contributed by atoms with van der Waals surface area (Å²) in [5.41, 5.74) is 8.88. The van der Waals surface area contributed by atoms with Gasteiger partial charge in [-0.1, -0.05) is 22.0 Å². The highest BCUT2D eigenvalue weighted by Gasteiger charge is 2.06. The molecule has 0 spiro atoms. The van der Waals surface area contributed by atoms with Crippen LogP contribution in [0.5, 0.6) is 0 Å². The van der Waals surface area contributed by atoms with Crippen LogP contribution in [-0.4, -0.2) is 30.1 Å². The Morgan fingerprint density at radius 2 is 1.95 bits per heavy atom. The molecule has 0 atom stereocenters. The second-order valence-corrected chi connectivity index (χ2v) is 5.36. The SMILES string of the molecule is Cc1ccc(Br)cc1-c1cnc(N(C)CCN)nc1. The maximum Gasteiger partial charge on any atom is 0.225 e. The predicted octanol–water partition coefficient (Wildman–Crippen LogP) is 2.61. The van der Waals surface area contributed by atoms with Gasteiger partial charge in [0.25, 0.3) is 0 Å². The number of nitrogens with two attached hydrogens (primary N) is 1. The van der Waals surface area contributed by atoms with Gasteiger partial charge >= 0.3 is 0 Å². The second-order valence-electron chi connectivity index (χ2n) is 4.44. The van der Waals surface area contributed by atoms with E-state index >= 15 is 0 Å². The van der Waals surface area contributed by atoms with Crippen LogP contribution < -0.4 is 10.6 Å². The molecule has 1 aromatic carbocycles. The van der Waals surface area contributed by atoms with Gasteiger partial charge in [0, 0.05) is 42.6 Å². The molecule has 0 fully saturated rings. The second kappa shape index (κ2) is 6.12. The summed E-state index contributed by atoms with van der Waals surface area (Å²) in [5.74, 6) is 0.696. The molecular formula is C14H17BrN4. The zero-order chi connectivity index (χ0) is 13.8. The molecule has 2 aromatic rings. The third-order valence-electron chi connectivity index (χ3n) is 2.95. The topological polar surface area (TPSA) is 55.0 Å². The van der Waals surface area contributed by atoms with Crippen molar-refractivity contribution in [2.24, 2.45) is 5.73 Å². The van der Waals surface area contributed by atoms with E-state index in [1.165, 1.54) is 5.56 Å². The largest absolute Gasteiger partial charge is 0.343 e. The molecule has 0 radical (unpaired) electrons. The normalized spacial score (nSPS) is 10.5. The first-order valence-corrected chi connectivity index (χ1v) is 6.91. The fraction of sp³-hybridized carbons (Fsp3) is 0.286. The van der Waals surface area contributed by atoms with Gasteiger partial charge < -0.3 is 10.6 Å². The van der Waals surface area contributed by atoms with Crippen molar-refractivity contribution >= 4 is 21.9 Å². The molecule has 2 rings (SSSR count). The van der Waals surface area contributed by atoms with Crippen LogP contribution in [0.25, 0.3) is 11.1 Å². The molecule has 0 aliphatic heterocycles. The molecule has 0 amide bonds. The van der Waals surface area contributed by atoms with Crippen molar-refractivity contribution in [3.63, 3.8) is 0 Å². The van der Waals surface area contributed by atoms with Crippen molar-refractivity contribution in [1.29, 1.82) is 0 Å². The summed E-state index contributed by atoms with van der Waals surface area (Å²) in [4.78, 5) is 10.7. The van der Waals surface area contributed by atoms with Crippen LogP contribution in [0.4, 0.5) is 5.95 Å². The van der Waals surface area contributed by atoms with Gasteiger partial charge in [0.05, 0.1) is 0 Å². The Balaban J connectivity index is 2.29. The molecule has 1 heterocycles. The quantitative estimate of drug-likeness (QED) is 0.940. The van der Waals surface area contributed by atoms with Crippen LogP contribution >= 0.6 is 15.9 Å². The van der Waals surface area contributed by atoms with Gasteiger partial charge in [-0.2, -0.15) is 0 Å². The number of anilines is 1. The maximum atomic E-state index is 5.52. The third-order valence-corrected chi connectivity index (χ3v) is 3.45. The highest BCUT2D eigenvalue weighted by Crippen LogP contribution is 2.26. The van der Waals surface area contributed by atoms with E-state index in [0.717, 1.165) is 22.1 Å². The fourth-order valence-electron chi connectivity index (χ4n) is 1.86. The minimum atomic E-state index is 0.590. The fourth-order valence-corrected chi connectivity index (χ4v) is 2.22. The number of halogens is 1. The van der Waals surface area contributed by atoms with Crippen molar-refractivity contribution < 1.29 is 0 Å². The molecule has 19 heavy (non-hydrogen) atoms.